The van der Waals surface area contributed by atoms with E-state index in [0.717, 1.165) is 12.8 Å². The van der Waals surface area contributed by atoms with E-state index in [4.69, 9.17) is 11.1 Å². The van der Waals surface area contributed by atoms with E-state index in [9.17, 15) is 0 Å². The summed E-state index contributed by atoms with van der Waals surface area (Å²) in [4.78, 5) is 0. The highest BCUT2D eigenvalue weighted by molar-refractivity contribution is 8.00. The summed E-state index contributed by atoms with van der Waals surface area (Å²) >= 11 is 1.95. The van der Waals surface area contributed by atoms with Crippen LogP contribution in [0.4, 0.5) is 0 Å². The van der Waals surface area contributed by atoms with Crippen LogP contribution < -0.4 is 5.73 Å². The maximum Gasteiger partial charge on any atom is 0.0916 e. The molecule has 0 aromatic heterocycles. The molecule has 0 fully saturated rings. The van der Waals surface area contributed by atoms with E-state index in [2.05, 4.69) is 20.8 Å². The van der Waals surface area contributed by atoms with E-state index in [1.54, 1.807) is 0 Å². The summed E-state index contributed by atoms with van der Waals surface area (Å²) in [5.41, 5.74) is 5.36. The largest absolute Gasteiger partial charge is 0.388 e. The van der Waals surface area contributed by atoms with Crippen LogP contribution in [0.3, 0.4) is 0 Å². The molecular formula is C9H20N2S. The lowest BCUT2D eigenvalue weighted by atomic mass is 10.2. The molecule has 0 radical (unpaired) electrons. The van der Waals surface area contributed by atoms with E-state index < -0.39 is 0 Å². The zero-order valence-corrected chi connectivity index (χ0v) is 9.08. The van der Waals surface area contributed by atoms with Crippen LogP contribution in [0.15, 0.2) is 0 Å². The number of nitrogens with two attached hydrogens (primary N) is 1. The van der Waals surface area contributed by atoms with Gasteiger partial charge >= 0.3 is 0 Å². The molecule has 3 N–H and O–H groups in total. The minimum Gasteiger partial charge on any atom is -0.388 e. The van der Waals surface area contributed by atoms with Crippen LogP contribution in [0, 0.1) is 5.41 Å². The van der Waals surface area contributed by atoms with Gasteiger partial charge in [0.05, 0.1) is 5.84 Å². The lowest BCUT2D eigenvalue weighted by Gasteiger charge is -2.17. The average Bonchev–Trinajstić information content (AvgIpc) is 2.02. The summed E-state index contributed by atoms with van der Waals surface area (Å²) < 4.78 is 0. The highest BCUT2D eigenvalue weighted by atomic mass is 32.2. The topological polar surface area (TPSA) is 49.9 Å². The van der Waals surface area contributed by atoms with Gasteiger partial charge in [0, 0.05) is 16.9 Å². The lowest BCUT2D eigenvalue weighted by Crippen LogP contribution is -2.18. The Bertz CT molecular complexity index is 136. The van der Waals surface area contributed by atoms with Crippen molar-refractivity contribution in [1.82, 2.24) is 0 Å². The summed E-state index contributed by atoms with van der Waals surface area (Å²) in [5, 5.41) is 8.42. The molecule has 0 spiro atoms. The number of hydrogen-bond donors (Lipinski definition) is 2. The van der Waals surface area contributed by atoms with Gasteiger partial charge in [-0.2, -0.15) is 11.8 Å². The van der Waals surface area contributed by atoms with Gasteiger partial charge in [0.15, 0.2) is 0 Å². The zero-order valence-electron chi connectivity index (χ0n) is 8.26. The molecule has 2 atom stereocenters. The minimum atomic E-state index is 0.317. The first-order chi connectivity index (χ1) is 5.60. The van der Waals surface area contributed by atoms with Crippen LogP contribution in [-0.4, -0.2) is 16.3 Å². The molecule has 0 aliphatic heterocycles. The maximum atomic E-state index is 7.19. The normalized spacial score (nSPS) is 15.6. The second-order valence-corrected chi connectivity index (χ2v) is 4.86. The molecular weight excluding hydrogens is 168 g/mol. The number of amidine groups is 1. The van der Waals surface area contributed by atoms with Crippen molar-refractivity contribution in [2.24, 2.45) is 5.73 Å². The molecule has 0 saturated heterocycles. The minimum absolute atomic E-state index is 0.317. The van der Waals surface area contributed by atoms with Gasteiger partial charge in [0.2, 0.25) is 0 Å². The molecule has 0 saturated carbocycles. The summed E-state index contributed by atoms with van der Waals surface area (Å²) in [7, 11) is 0. The van der Waals surface area contributed by atoms with Gasteiger partial charge in [-0.05, 0) is 12.8 Å². The highest BCUT2D eigenvalue weighted by Gasteiger charge is 2.11. The molecule has 2 unspecified atom stereocenters. The quantitative estimate of drug-likeness (QED) is 0.497. The Hall–Kier alpha value is -0.180. The van der Waals surface area contributed by atoms with Crippen molar-refractivity contribution in [2.75, 3.05) is 0 Å². The van der Waals surface area contributed by atoms with E-state index >= 15 is 0 Å². The van der Waals surface area contributed by atoms with E-state index in [0.29, 0.717) is 16.3 Å². The monoisotopic (exact) mass is 188 g/mol. The summed E-state index contributed by atoms with van der Waals surface area (Å²) in [5.74, 6) is 0.317. The molecule has 0 rings (SSSR count). The Kier molecular flexibility index (Phi) is 6.25. The first kappa shape index (κ1) is 11.8. The second-order valence-electron chi connectivity index (χ2n) is 3.11. The summed E-state index contributed by atoms with van der Waals surface area (Å²) in [6, 6.07) is 0. The number of nitrogens with one attached hydrogen (secondary N) is 1. The van der Waals surface area contributed by atoms with Gasteiger partial charge in [-0.25, -0.2) is 0 Å². The molecule has 0 amide bonds. The fraction of sp³-hybridized carbons (Fsp3) is 0.889. The van der Waals surface area contributed by atoms with E-state index in [1.165, 1.54) is 6.42 Å². The first-order valence-electron chi connectivity index (χ1n) is 4.58. The second kappa shape index (κ2) is 6.35. The molecule has 0 heterocycles. The fourth-order valence-electron chi connectivity index (χ4n) is 0.959. The molecule has 0 aliphatic rings. The number of hydrogen-bond acceptors (Lipinski definition) is 2. The smallest absolute Gasteiger partial charge is 0.0916 e. The highest BCUT2D eigenvalue weighted by Crippen LogP contribution is 2.24. The van der Waals surface area contributed by atoms with Gasteiger partial charge in [-0.1, -0.05) is 20.8 Å². The summed E-state index contributed by atoms with van der Waals surface area (Å²) in [6.45, 7) is 6.58. The maximum absolute atomic E-state index is 7.19. The molecule has 72 valence electrons. The summed E-state index contributed by atoms with van der Waals surface area (Å²) in [6.07, 6.45) is 3.04. The Labute approximate surface area is 79.8 Å². The van der Waals surface area contributed by atoms with Crippen molar-refractivity contribution in [3.63, 3.8) is 0 Å². The fourth-order valence-corrected chi connectivity index (χ4v) is 2.28. The van der Waals surface area contributed by atoms with Crippen LogP contribution in [0.2, 0.25) is 0 Å². The number of rotatable bonds is 6. The molecule has 0 bridgehead atoms. The van der Waals surface area contributed by atoms with Crippen LogP contribution >= 0.6 is 11.8 Å². The van der Waals surface area contributed by atoms with E-state index in [1.807, 2.05) is 11.8 Å². The third kappa shape index (κ3) is 5.47. The third-order valence-electron chi connectivity index (χ3n) is 1.90. The first-order valence-corrected chi connectivity index (χ1v) is 5.52. The van der Waals surface area contributed by atoms with Gasteiger partial charge in [0.25, 0.3) is 0 Å². The van der Waals surface area contributed by atoms with Crippen molar-refractivity contribution < 1.29 is 0 Å². The van der Waals surface area contributed by atoms with Gasteiger partial charge in [-0.15, -0.1) is 0 Å². The van der Waals surface area contributed by atoms with Crippen molar-refractivity contribution in [3.05, 3.63) is 0 Å². The van der Waals surface area contributed by atoms with Gasteiger partial charge < -0.3 is 5.73 Å². The van der Waals surface area contributed by atoms with Gasteiger partial charge in [0.1, 0.15) is 0 Å². The average molecular weight is 188 g/mol. The Morgan fingerprint density at radius 3 is 2.33 bits per heavy atom. The van der Waals surface area contributed by atoms with Crippen molar-refractivity contribution in [1.29, 1.82) is 5.41 Å². The van der Waals surface area contributed by atoms with Crippen molar-refractivity contribution in [3.8, 4) is 0 Å². The molecule has 12 heavy (non-hydrogen) atoms. The predicted octanol–water partition coefficient (Wildman–Crippen LogP) is 2.62. The SMILES string of the molecule is CCC(C)SC(CC)CC(=N)N. The van der Waals surface area contributed by atoms with Crippen molar-refractivity contribution in [2.45, 2.75) is 50.5 Å². The van der Waals surface area contributed by atoms with Crippen molar-refractivity contribution >= 4 is 17.6 Å². The molecule has 0 aromatic carbocycles. The van der Waals surface area contributed by atoms with E-state index in [-0.39, 0.29) is 0 Å². The number of thioether (sulfide) groups is 1. The zero-order chi connectivity index (χ0) is 9.56. The standard InChI is InChI=1S/C9H20N2S/c1-4-7(3)12-8(5-2)6-9(10)11/h7-8H,4-6H2,1-3H3,(H3,10,11). The predicted molar refractivity (Wildman–Crippen MR) is 58.0 cm³/mol. The molecule has 2 nitrogen and oxygen atoms in total. The van der Waals surface area contributed by atoms with Crippen LogP contribution in [0.25, 0.3) is 0 Å². The Balaban J connectivity index is 3.74. The molecule has 0 aliphatic carbocycles. The lowest BCUT2D eigenvalue weighted by molar-refractivity contribution is 0.825. The van der Waals surface area contributed by atoms with Gasteiger partial charge in [-0.3, -0.25) is 5.41 Å². The van der Waals surface area contributed by atoms with Crippen LogP contribution in [0.5, 0.6) is 0 Å². The van der Waals surface area contributed by atoms with Crippen LogP contribution in [-0.2, 0) is 0 Å². The Morgan fingerprint density at radius 1 is 1.42 bits per heavy atom. The molecule has 0 aromatic rings. The Morgan fingerprint density at radius 2 is 2.00 bits per heavy atom. The molecule has 3 heteroatoms. The van der Waals surface area contributed by atoms with Crippen LogP contribution in [0.1, 0.15) is 40.0 Å². The third-order valence-corrected chi connectivity index (χ3v) is 3.59.